The zero-order chi connectivity index (χ0) is 24.0. The average Bonchev–Trinajstić information content (AvgIpc) is 2.98. The Balaban J connectivity index is 1.66. The Morgan fingerprint density at radius 2 is 0.342 bits per heavy atom. The molecule has 0 radical (unpaired) electrons. The molecule has 0 N–H and O–H groups in total. The van der Waals surface area contributed by atoms with Crippen molar-refractivity contribution in [2.75, 3.05) is 0 Å². The first-order valence-corrected chi connectivity index (χ1v) is 13.5. The molecule has 0 aliphatic heterocycles. The topological polar surface area (TPSA) is 0 Å². The van der Waals surface area contributed by atoms with Crippen LogP contribution in [0.25, 0.3) is 118 Å². The second kappa shape index (κ2) is 5.21. The quantitative estimate of drug-likeness (QED) is 0.152. The highest BCUT2D eigenvalue weighted by Crippen LogP contribution is 2.57. The van der Waals surface area contributed by atoms with Crippen LogP contribution in [-0.2, 0) is 0 Å². The Bertz CT molecular complexity index is 2530. The van der Waals surface area contributed by atoms with E-state index < -0.39 is 0 Å². The summed E-state index contributed by atoms with van der Waals surface area (Å²) < 4.78 is 0. The summed E-state index contributed by atoms with van der Waals surface area (Å²) >= 11 is 0. The third-order valence-corrected chi connectivity index (χ3v) is 10.1. The van der Waals surface area contributed by atoms with Crippen molar-refractivity contribution in [3.8, 4) is 0 Å². The molecule has 12 rings (SSSR count). The van der Waals surface area contributed by atoms with Crippen LogP contribution in [0.15, 0.2) is 97.1 Å². The van der Waals surface area contributed by atoms with E-state index in [4.69, 9.17) is 0 Å². The Morgan fingerprint density at radius 3 is 0.579 bits per heavy atom. The van der Waals surface area contributed by atoms with E-state index in [1.165, 1.54) is 118 Å². The molecule has 0 heteroatoms. The van der Waals surface area contributed by atoms with Gasteiger partial charge in [-0.25, -0.2) is 0 Å². The summed E-state index contributed by atoms with van der Waals surface area (Å²) in [6.07, 6.45) is 0. The van der Waals surface area contributed by atoms with E-state index in [9.17, 15) is 0 Å². The van der Waals surface area contributed by atoms with Crippen LogP contribution in [0.2, 0.25) is 0 Å². The van der Waals surface area contributed by atoms with Crippen molar-refractivity contribution in [2.24, 2.45) is 0 Å². The molecule has 0 saturated heterocycles. The lowest BCUT2D eigenvalue weighted by molar-refractivity contribution is 1.81. The first-order chi connectivity index (χ1) is 18.9. The van der Waals surface area contributed by atoms with E-state index in [1.807, 2.05) is 0 Å². The molecule has 0 bridgehead atoms. The third kappa shape index (κ3) is 1.54. The molecule has 0 aromatic heterocycles. The van der Waals surface area contributed by atoms with Gasteiger partial charge in [-0.15, -0.1) is 0 Å². The molecule has 0 spiro atoms. The van der Waals surface area contributed by atoms with E-state index in [1.54, 1.807) is 0 Å². The van der Waals surface area contributed by atoms with Crippen molar-refractivity contribution in [1.29, 1.82) is 0 Å². The van der Waals surface area contributed by atoms with Gasteiger partial charge in [0, 0.05) is 0 Å². The lowest BCUT2D eigenvalue weighted by atomic mass is 9.75. The molecule has 0 aliphatic carbocycles. The molecule has 168 valence electrons. The van der Waals surface area contributed by atoms with Gasteiger partial charge in [0.05, 0.1) is 0 Å². The van der Waals surface area contributed by atoms with Gasteiger partial charge in [0.1, 0.15) is 0 Å². The zero-order valence-electron chi connectivity index (χ0n) is 20.2. The SMILES string of the molecule is c1cc2ccc3c4ccc5ccc6ccc7ccc8c9ccc%10ccc1c1c2c3c(c9c%101)c1c4c5c6c7c81. The van der Waals surface area contributed by atoms with Gasteiger partial charge in [0.25, 0.3) is 0 Å². The van der Waals surface area contributed by atoms with Crippen molar-refractivity contribution in [1.82, 2.24) is 0 Å². The van der Waals surface area contributed by atoms with E-state index in [0.29, 0.717) is 0 Å². The largest absolute Gasteiger partial charge is 0.0537 e. The normalized spacial score (nSPS) is 13.8. The minimum atomic E-state index is 1.34. The second-order valence-electron chi connectivity index (χ2n) is 11.6. The minimum absolute atomic E-state index is 1.34. The average molecular weight is 473 g/mol. The third-order valence-electron chi connectivity index (χ3n) is 10.1. The van der Waals surface area contributed by atoms with Gasteiger partial charge < -0.3 is 0 Å². The number of benzene rings is 12. The Morgan fingerprint density at radius 1 is 0.158 bits per heavy atom. The lowest BCUT2D eigenvalue weighted by Gasteiger charge is -2.27. The highest BCUT2D eigenvalue weighted by atomic mass is 14.3. The molecule has 0 aliphatic rings. The number of rotatable bonds is 0. The molecular weight excluding hydrogens is 456 g/mol. The molecule has 0 heterocycles. The van der Waals surface area contributed by atoms with E-state index in [0.717, 1.165) is 0 Å². The van der Waals surface area contributed by atoms with E-state index in [-0.39, 0.29) is 0 Å². The Kier molecular flexibility index (Phi) is 2.40. The van der Waals surface area contributed by atoms with Crippen molar-refractivity contribution >= 4 is 118 Å². The van der Waals surface area contributed by atoms with Crippen molar-refractivity contribution in [2.45, 2.75) is 0 Å². The van der Waals surface area contributed by atoms with Gasteiger partial charge in [0.2, 0.25) is 0 Å². The summed E-state index contributed by atoms with van der Waals surface area (Å²) in [7, 11) is 0. The lowest BCUT2D eigenvalue weighted by Crippen LogP contribution is -1.98. The standard InChI is InChI=1S/C38H16/c1-5-19-9-13-23-25-15-11-21-7-3-18-4-8-22-12-16-26-24-14-10-20-6-2-17(1)27-29(19)33(23)37(34(24)30(20)27)38-35(25)31(21)28(18)32(22)36(26)38/h1-16H. The Hall–Kier alpha value is -4.94. The van der Waals surface area contributed by atoms with Crippen LogP contribution in [0.4, 0.5) is 0 Å². The summed E-state index contributed by atoms with van der Waals surface area (Å²) in [5, 5.41) is 31.1. The van der Waals surface area contributed by atoms with Gasteiger partial charge in [0.15, 0.2) is 0 Å². The smallest absolute Gasteiger partial charge is 0.0000483 e. The predicted octanol–water partition coefficient (Wildman–Crippen LogP) is 11.0. The molecule has 12 aromatic carbocycles. The van der Waals surface area contributed by atoms with Crippen molar-refractivity contribution < 1.29 is 0 Å². The fourth-order valence-corrected chi connectivity index (χ4v) is 8.78. The van der Waals surface area contributed by atoms with Crippen LogP contribution in [0.1, 0.15) is 0 Å². The summed E-state index contributed by atoms with van der Waals surface area (Å²) in [6, 6.07) is 37.6. The molecule has 0 unspecified atom stereocenters. The maximum absolute atomic E-state index is 2.40. The summed E-state index contributed by atoms with van der Waals surface area (Å²) in [5.41, 5.74) is 0. The first-order valence-electron chi connectivity index (χ1n) is 13.5. The summed E-state index contributed by atoms with van der Waals surface area (Å²) in [5.74, 6) is 0. The molecule has 0 saturated carbocycles. The van der Waals surface area contributed by atoms with Crippen LogP contribution in [0.3, 0.4) is 0 Å². The first kappa shape index (κ1) is 17.5. The minimum Gasteiger partial charge on any atom is -0.0537 e. The highest BCUT2D eigenvalue weighted by molar-refractivity contribution is 6.57. The molecule has 0 atom stereocenters. The maximum atomic E-state index is 2.40. The van der Waals surface area contributed by atoms with Crippen LogP contribution in [0, 0.1) is 0 Å². The second-order valence-corrected chi connectivity index (χ2v) is 11.6. The van der Waals surface area contributed by atoms with E-state index in [2.05, 4.69) is 97.1 Å². The highest BCUT2D eigenvalue weighted by Gasteiger charge is 2.28. The van der Waals surface area contributed by atoms with Crippen LogP contribution >= 0.6 is 0 Å². The molecule has 0 nitrogen and oxygen atoms in total. The zero-order valence-corrected chi connectivity index (χ0v) is 20.2. The van der Waals surface area contributed by atoms with Gasteiger partial charge in [-0.2, -0.15) is 0 Å². The number of fused-ring (bicyclic) bond motifs is 2. The van der Waals surface area contributed by atoms with Gasteiger partial charge in [-0.3, -0.25) is 0 Å². The van der Waals surface area contributed by atoms with Crippen molar-refractivity contribution in [3.05, 3.63) is 97.1 Å². The molecule has 0 amide bonds. The molecule has 38 heavy (non-hydrogen) atoms. The van der Waals surface area contributed by atoms with Gasteiger partial charge >= 0.3 is 0 Å². The number of hydrogen-bond acceptors (Lipinski definition) is 0. The molecular formula is C38H16. The van der Waals surface area contributed by atoms with Gasteiger partial charge in [-0.1, -0.05) is 97.1 Å². The molecule has 12 aromatic rings. The van der Waals surface area contributed by atoms with Crippen molar-refractivity contribution in [3.63, 3.8) is 0 Å². The predicted molar refractivity (Wildman–Crippen MR) is 166 cm³/mol. The van der Waals surface area contributed by atoms with E-state index >= 15 is 0 Å². The molecule has 0 fully saturated rings. The Labute approximate surface area is 215 Å². The number of hydrogen-bond donors (Lipinski definition) is 0. The maximum Gasteiger partial charge on any atom is -0.0000483 e. The fraction of sp³-hybridized carbons (Fsp3) is 0. The summed E-state index contributed by atoms with van der Waals surface area (Å²) in [6.45, 7) is 0. The van der Waals surface area contributed by atoms with Gasteiger partial charge in [-0.05, 0) is 118 Å². The van der Waals surface area contributed by atoms with Crippen LogP contribution in [0.5, 0.6) is 0 Å². The van der Waals surface area contributed by atoms with Crippen LogP contribution in [-0.4, -0.2) is 0 Å². The monoisotopic (exact) mass is 472 g/mol. The van der Waals surface area contributed by atoms with Crippen LogP contribution < -0.4 is 0 Å². The fourth-order valence-electron chi connectivity index (χ4n) is 8.78. The summed E-state index contributed by atoms with van der Waals surface area (Å²) in [4.78, 5) is 0.